The lowest BCUT2D eigenvalue weighted by atomic mass is 10.0. The van der Waals surface area contributed by atoms with Gasteiger partial charge in [0.2, 0.25) is 0 Å². The number of carbonyl (C=O) groups excluding carboxylic acids is 3. The van der Waals surface area contributed by atoms with Crippen LogP contribution in [0.1, 0.15) is 252 Å². The third-order valence-corrected chi connectivity index (χ3v) is 10.3. The Morgan fingerprint density at radius 3 is 0.942 bits per heavy atom. The highest BCUT2D eigenvalue weighted by atomic mass is 16.6. The molecule has 0 aliphatic rings. The predicted octanol–water partition coefficient (Wildman–Crippen LogP) is 14.3. The average Bonchev–Trinajstić information content (AvgIpc) is 3.12. The van der Waals surface area contributed by atoms with Crippen LogP contribution in [0.2, 0.25) is 0 Å². The molecule has 0 aromatic heterocycles. The molecule has 52 heavy (non-hydrogen) atoms. The number of carbonyl (C=O) groups is 3. The van der Waals surface area contributed by atoms with Crippen molar-refractivity contribution >= 4 is 17.9 Å². The molecule has 0 aliphatic carbocycles. The van der Waals surface area contributed by atoms with Gasteiger partial charge in [-0.3, -0.25) is 14.4 Å². The number of hydrogen-bond acceptors (Lipinski definition) is 6. The van der Waals surface area contributed by atoms with Crippen molar-refractivity contribution < 1.29 is 28.6 Å². The Morgan fingerprint density at radius 1 is 0.365 bits per heavy atom. The highest BCUT2D eigenvalue weighted by molar-refractivity contribution is 5.71. The first kappa shape index (κ1) is 50.4. The van der Waals surface area contributed by atoms with E-state index in [1.807, 2.05) is 0 Å². The minimum atomic E-state index is -0.759. The fourth-order valence-corrected chi connectivity index (χ4v) is 6.80. The number of hydrogen-bond donors (Lipinski definition) is 0. The Morgan fingerprint density at radius 2 is 0.635 bits per heavy atom. The van der Waals surface area contributed by atoms with Gasteiger partial charge in [0, 0.05) is 19.3 Å². The van der Waals surface area contributed by atoms with E-state index < -0.39 is 6.10 Å². The van der Waals surface area contributed by atoms with E-state index in [2.05, 4.69) is 27.7 Å². The molecule has 0 spiro atoms. The van der Waals surface area contributed by atoms with Gasteiger partial charge in [0.25, 0.3) is 0 Å². The van der Waals surface area contributed by atoms with Crippen LogP contribution in [0.4, 0.5) is 0 Å². The molecular weight excluding hydrogens is 648 g/mol. The molecule has 0 aliphatic heterocycles. The summed E-state index contributed by atoms with van der Waals surface area (Å²) >= 11 is 0. The van der Waals surface area contributed by atoms with E-state index in [9.17, 15) is 14.4 Å². The van der Waals surface area contributed by atoms with Crippen LogP contribution in [-0.2, 0) is 28.6 Å². The molecular formula is C46H88O6. The van der Waals surface area contributed by atoms with Crippen molar-refractivity contribution in [2.45, 2.75) is 259 Å². The number of unbranched alkanes of at least 4 members (excludes halogenated alkanes) is 28. The highest BCUT2D eigenvalue weighted by Crippen LogP contribution is 2.16. The minimum absolute atomic E-state index is 0.0647. The van der Waals surface area contributed by atoms with E-state index in [-0.39, 0.29) is 31.1 Å². The normalized spacial score (nSPS) is 11.9. The lowest BCUT2D eigenvalue weighted by molar-refractivity contribution is -0.167. The standard InChI is InChI=1S/C46H88O6/c1-5-7-9-11-13-15-17-19-21-23-25-30-34-38-45(48)51-41-43(52-46(49)39-35-31-27-26-28-32-36-42(3)4)40-50-44(47)37-33-29-24-22-20-18-16-14-12-10-8-6-2/h42-43H,5-41H2,1-4H3/t43-/m0/s1. The summed E-state index contributed by atoms with van der Waals surface area (Å²) in [7, 11) is 0. The smallest absolute Gasteiger partial charge is 0.306 e. The Kier molecular flexibility index (Phi) is 39.4. The summed E-state index contributed by atoms with van der Waals surface area (Å²) in [5.41, 5.74) is 0. The molecule has 0 aromatic carbocycles. The van der Waals surface area contributed by atoms with Gasteiger partial charge >= 0.3 is 17.9 Å². The first-order valence-electron chi connectivity index (χ1n) is 22.9. The summed E-state index contributed by atoms with van der Waals surface area (Å²) in [6.45, 7) is 8.92. The number of ether oxygens (including phenoxy) is 3. The topological polar surface area (TPSA) is 78.9 Å². The Balaban J connectivity index is 4.30. The second-order valence-electron chi connectivity index (χ2n) is 16.2. The van der Waals surface area contributed by atoms with Crippen molar-refractivity contribution in [3.8, 4) is 0 Å². The first-order chi connectivity index (χ1) is 25.4. The molecule has 1 atom stereocenters. The number of esters is 3. The molecule has 0 fully saturated rings. The zero-order chi connectivity index (χ0) is 38.2. The largest absolute Gasteiger partial charge is 0.462 e. The molecule has 0 unspecified atom stereocenters. The summed E-state index contributed by atoms with van der Waals surface area (Å²) in [5, 5.41) is 0. The van der Waals surface area contributed by atoms with Crippen molar-refractivity contribution in [3.63, 3.8) is 0 Å². The van der Waals surface area contributed by atoms with Gasteiger partial charge in [0.15, 0.2) is 6.10 Å². The fourth-order valence-electron chi connectivity index (χ4n) is 6.80. The summed E-state index contributed by atoms with van der Waals surface area (Å²) in [6, 6.07) is 0. The average molecular weight is 737 g/mol. The molecule has 0 saturated heterocycles. The van der Waals surface area contributed by atoms with Crippen LogP contribution in [0.25, 0.3) is 0 Å². The van der Waals surface area contributed by atoms with Gasteiger partial charge in [-0.05, 0) is 25.2 Å². The van der Waals surface area contributed by atoms with Crippen molar-refractivity contribution in [2.24, 2.45) is 5.92 Å². The van der Waals surface area contributed by atoms with Gasteiger partial charge in [0.1, 0.15) is 13.2 Å². The molecule has 0 bridgehead atoms. The summed E-state index contributed by atoms with van der Waals surface area (Å²) in [4.78, 5) is 37.6. The van der Waals surface area contributed by atoms with Crippen LogP contribution in [-0.4, -0.2) is 37.2 Å². The van der Waals surface area contributed by atoms with Crippen LogP contribution in [0.15, 0.2) is 0 Å². The third-order valence-electron chi connectivity index (χ3n) is 10.3. The second kappa shape index (κ2) is 40.6. The Bertz CT molecular complexity index is 781. The molecule has 0 heterocycles. The van der Waals surface area contributed by atoms with Gasteiger partial charge in [0.05, 0.1) is 0 Å². The lowest BCUT2D eigenvalue weighted by Crippen LogP contribution is -2.30. The summed E-state index contributed by atoms with van der Waals surface area (Å²) < 4.78 is 16.7. The van der Waals surface area contributed by atoms with E-state index in [4.69, 9.17) is 14.2 Å². The molecule has 6 nitrogen and oxygen atoms in total. The monoisotopic (exact) mass is 737 g/mol. The van der Waals surface area contributed by atoms with E-state index in [1.165, 1.54) is 148 Å². The summed E-state index contributed by atoms with van der Waals surface area (Å²) in [5.74, 6) is -0.0995. The van der Waals surface area contributed by atoms with E-state index >= 15 is 0 Å². The molecule has 6 heteroatoms. The van der Waals surface area contributed by atoms with Crippen LogP contribution < -0.4 is 0 Å². The van der Waals surface area contributed by atoms with Crippen LogP contribution in [0.5, 0.6) is 0 Å². The summed E-state index contributed by atoms with van der Waals surface area (Å²) in [6.07, 6.45) is 39.5. The fraction of sp³-hybridized carbons (Fsp3) is 0.935. The molecule has 0 rings (SSSR count). The van der Waals surface area contributed by atoms with Gasteiger partial charge in [-0.1, -0.05) is 214 Å². The predicted molar refractivity (Wildman–Crippen MR) is 220 cm³/mol. The third kappa shape index (κ3) is 39.6. The zero-order valence-corrected chi connectivity index (χ0v) is 35.3. The van der Waals surface area contributed by atoms with Crippen molar-refractivity contribution in [3.05, 3.63) is 0 Å². The van der Waals surface area contributed by atoms with Gasteiger partial charge < -0.3 is 14.2 Å². The van der Waals surface area contributed by atoms with Crippen molar-refractivity contribution in [1.82, 2.24) is 0 Å². The molecule has 0 radical (unpaired) electrons. The molecule has 308 valence electrons. The quantitative estimate of drug-likeness (QED) is 0.0353. The number of rotatable bonds is 41. The Hall–Kier alpha value is -1.59. The molecule has 0 saturated carbocycles. The molecule has 0 aromatic rings. The van der Waals surface area contributed by atoms with Gasteiger partial charge in [-0.25, -0.2) is 0 Å². The maximum absolute atomic E-state index is 12.7. The second-order valence-corrected chi connectivity index (χ2v) is 16.2. The zero-order valence-electron chi connectivity index (χ0n) is 35.3. The van der Waals surface area contributed by atoms with E-state index in [0.29, 0.717) is 19.3 Å². The van der Waals surface area contributed by atoms with Gasteiger partial charge in [-0.2, -0.15) is 0 Å². The first-order valence-corrected chi connectivity index (χ1v) is 22.9. The van der Waals surface area contributed by atoms with Crippen LogP contribution in [0.3, 0.4) is 0 Å². The van der Waals surface area contributed by atoms with Crippen LogP contribution >= 0.6 is 0 Å². The lowest BCUT2D eigenvalue weighted by Gasteiger charge is -2.18. The molecule has 0 N–H and O–H groups in total. The minimum Gasteiger partial charge on any atom is -0.462 e. The Labute approximate surface area is 323 Å². The van der Waals surface area contributed by atoms with Crippen LogP contribution in [0, 0.1) is 5.92 Å². The van der Waals surface area contributed by atoms with E-state index in [1.54, 1.807) is 0 Å². The van der Waals surface area contributed by atoms with E-state index in [0.717, 1.165) is 63.7 Å². The maximum Gasteiger partial charge on any atom is 0.306 e. The highest BCUT2D eigenvalue weighted by Gasteiger charge is 2.19. The SMILES string of the molecule is CCCCCCCCCCCCCCCC(=O)OC[C@H](COC(=O)CCCCCCCCCCCCCC)OC(=O)CCCCCCCCC(C)C. The van der Waals surface area contributed by atoms with Crippen molar-refractivity contribution in [1.29, 1.82) is 0 Å². The van der Waals surface area contributed by atoms with Gasteiger partial charge in [-0.15, -0.1) is 0 Å². The maximum atomic E-state index is 12.7. The van der Waals surface area contributed by atoms with Crippen molar-refractivity contribution in [2.75, 3.05) is 13.2 Å². The molecule has 0 amide bonds.